The molecule has 0 radical (unpaired) electrons. The molecule has 2 N–H and O–H groups in total. The van der Waals surface area contributed by atoms with Gasteiger partial charge in [0.25, 0.3) is 0 Å². The van der Waals surface area contributed by atoms with Crippen LogP contribution in [0.1, 0.15) is 0 Å². The summed E-state index contributed by atoms with van der Waals surface area (Å²) in [6.07, 6.45) is -1.35. The Hall–Kier alpha value is -2.05. The van der Waals surface area contributed by atoms with E-state index in [1.807, 2.05) is 6.07 Å². The summed E-state index contributed by atoms with van der Waals surface area (Å²) in [5, 5.41) is 8.56. The number of carboxylic acid groups (broad SMARTS) is 1. The molecule has 5 nitrogen and oxygen atoms in total. The van der Waals surface area contributed by atoms with Crippen LogP contribution in [0.2, 0.25) is 4.34 Å². The van der Waals surface area contributed by atoms with E-state index in [-0.39, 0.29) is 5.75 Å². The number of rotatable bonds is 2. The Morgan fingerprint density at radius 2 is 2.21 bits per heavy atom. The molecule has 2 heterocycles. The minimum absolute atomic E-state index is 0.238. The predicted molar refractivity (Wildman–Crippen MR) is 73.1 cm³/mol. The number of ether oxygens (including phenoxy) is 1. The van der Waals surface area contributed by atoms with Crippen molar-refractivity contribution in [2.45, 2.75) is 0 Å². The number of benzene rings is 1. The maximum absolute atomic E-state index is 10.5. The Morgan fingerprint density at radius 3 is 2.89 bits per heavy atom. The van der Waals surface area contributed by atoms with E-state index in [1.54, 1.807) is 24.3 Å². The molecule has 7 heteroatoms. The average molecular weight is 295 g/mol. The van der Waals surface area contributed by atoms with Crippen LogP contribution in [-0.4, -0.2) is 21.2 Å². The van der Waals surface area contributed by atoms with Gasteiger partial charge >= 0.3 is 6.16 Å². The summed E-state index contributed by atoms with van der Waals surface area (Å²) in [5.74, 6) is 0.932. The first-order valence-corrected chi connectivity index (χ1v) is 6.47. The van der Waals surface area contributed by atoms with E-state index in [9.17, 15) is 4.79 Å². The minimum atomic E-state index is -1.35. The second kappa shape index (κ2) is 4.56. The maximum atomic E-state index is 10.5. The second-order valence-electron chi connectivity index (χ2n) is 3.74. The fourth-order valence-electron chi connectivity index (χ4n) is 1.71. The van der Waals surface area contributed by atoms with Crippen molar-refractivity contribution in [1.29, 1.82) is 0 Å². The molecule has 0 spiro atoms. The highest BCUT2D eigenvalue weighted by atomic mass is 35.5. The summed E-state index contributed by atoms with van der Waals surface area (Å²) in [6, 6.07) is 8.53. The van der Waals surface area contributed by atoms with Crippen molar-refractivity contribution in [3.8, 4) is 16.5 Å². The quantitative estimate of drug-likeness (QED) is 0.553. The largest absolute Gasteiger partial charge is 0.511 e. The molecule has 0 fully saturated rings. The summed E-state index contributed by atoms with van der Waals surface area (Å²) in [7, 11) is 0. The summed E-state index contributed by atoms with van der Waals surface area (Å²) < 4.78 is 5.27. The number of nitrogens with one attached hydrogen (secondary N) is 1. The third-order valence-electron chi connectivity index (χ3n) is 2.47. The van der Waals surface area contributed by atoms with E-state index in [0.29, 0.717) is 15.7 Å². The monoisotopic (exact) mass is 294 g/mol. The topological polar surface area (TPSA) is 75.2 Å². The molecule has 2 aromatic heterocycles. The summed E-state index contributed by atoms with van der Waals surface area (Å²) in [6.45, 7) is 0. The first-order valence-electron chi connectivity index (χ1n) is 5.28. The molecule has 0 aliphatic rings. The van der Waals surface area contributed by atoms with Crippen LogP contribution in [-0.2, 0) is 0 Å². The van der Waals surface area contributed by atoms with E-state index >= 15 is 0 Å². The van der Waals surface area contributed by atoms with Crippen LogP contribution < -0.4 is 4.74 Å². The lowest BCUT2D eigenvalue weighted by molar-refractivity contribution is 0.144. The summed E-state index contributed by atoms with van der Waals surface area (Å²) in [5.41, 5.74) is 1.44. The van der Waals surface area contributed by atoms with Crippen LogP contribution in [0.3, 0.4) is 0 Å². The van der Waals surface area contributed by atoms with Gasteiger partial charge in [0.05, 0.1) is 20.2 Å². The molecule has 0 aliphatic heterocycles. The SMILES string of the molecule is O=C(O)Oc1ccc2[nH]c(-c3ccc(Cl)s3)nc2c1. The van der Waals surface area contributed by atoms with Gasteiger partial charge in [0.2, 0.25) is 0 Å². The molecule has 0 saturated heterocycles. The van der Waals surface area contributed by atoms with E-state index in [1.165, 1.54) is 11.3 Å². The Balaban J connectivity index is 2.03. The van der Waals surface area contributed by atoms with Gasteiger partial charge in [-0.25, -0.2) is 9.78 Å². The van der Waals surface area contributed by atoms with Gasteiger partial charge in [0, 0.05) is 6.07 Å². The highest BCUT2D eigenvalue weighted by molar-refractivity contribution is 7.19. The third kappa shape index (κ3) is 2.40. The van der Waals surface area contributed by atoms with Crippen LogP contribution in [0.25, 0.3) is 21.7 Å². The fourth-order valence-corrected chi connectivity index (χ4v) is 2.70. The highest BCUT2D eigenvalue weighted by Crippen LogP contribution is 2.31. The van der Waals surface area contributed by atoms with E-state index in [0.717, 1.165) is 10.4 Å². The molecule has 0 atom stereocenters. The lowest BCUT2D eigenvalue weighted by Crippen LogP contribution is -2.02. The number of aromatic amines is 1. The van der Waals surface area contributed by atoms with Crippen molar-refractivity contribution < 1.29 is 14.6 Å². The third-order valence-corrected chi connectivity index (χ3v) is 3.70. The van der Waals surface area contributed by atoms with Crippen molar-refractivity contribution in [3.05, 3.63) is 34.7 Å². The molecule has 1 aromatic carbocycles. The smallest absolute Gasteiger partial charge is 0.449 e. The lowest BCUT2D eigenvalue weighted by atomic mass is 10.3. The van der Waals surface area contributed by atoms with Crippen molar-refractivity contribution in [2.75, 3.05) is 0 Å². The van der Waals surface area contributed by atoms with E-state index in [4.69, 9.17) is 16.7 Å². The lowest BCUT2D eigenvalue weighted by Gasteiger charge is -1.97. The Bertz CT molecular complexity index is 765. The first kappa shape index (κ1) is 12.0. The number of fused-ring (bicyclic) bond motifs is 1. The van der Waals surface area contributed by atoms with Gasteiger partial charge in [-0.3, -0.25) is 0 Å². The van der Waals surface area contributed by atoms with Crippen LogP contribution in [0.15, 0.2) is 30.3 Å². The Labute approximate surface area is 116 Å². The molecular formula is C12H7ClN2O3S. The van der Waals surface area contributed by atoms with Gasteiger partial charge in [-0.2, -0.15) is 0 Å². The standard InChI is InChI=1S/C12H7ClN2O3S/c13-10-4-3-9(19-10)11-14-7-2-1-6(18-12(16)17)5-8(7)15-11/h1-5H,(H,14,15)(H,16,17). The fraction of sp³-hybridized carbons (Fsp3) is 0. The first-order chi connectivity index (χ1) is 9.11. The number of imidazole rings is 1. The maximum Gasteiger partial charge on any atom is 0.511 e. The van der Waals surface area contributed by atoms with Crippen molar-refractivity contribution in [2.24, 2.45) is 0 Å². The highest BCUT2D eigenvalue weighted by Gasteiger charge is 2.09. The number of nitrogens with zero attached hydrogens (tertiary/aromatic N) is 1. The molecule has 0 bridgehead atoms. The zero-order chi connectivity index (χ0) is 13.4. The van der Waals surface area contributed by atoms with Crippen LogP contribution in [0.4, 0.5) is 4.79 Å². The summed E-state index contributed by atoms with van der Waals surface area (Å²) in [4.78, 5) is 18.9. The van der Waals surface area contributed by atoms with Crippen molar-refractivity contribution in [1.82, 2.24) is 9.97 Å². The predicted octanol–water partition coefficient (Wildman–Crippen LogP) is 4.00. The molecule has 0 aliphatic carbocycles. The van der Waals surface area contributed by atoms with Gasteiger partial charge in [0.1, 0.15) is 11.6 Å². The molecule has 3 aromatic rings. The van der Waals surface area contributed by atoms with Gasteiger partial charge < -0.3 is 14.8 Å². The van der Waals surface area contributed by atoms with Crippen molar-refractivity contribution >= 4 is 40.1 Å². The minimum Gasteiger partial charge on any atom is -0.449 e. The van der Waals surface area contributed by atoms with Gasteiger partial charge in [0.15, 0.2) is 0 Å². The number of halogens is 1. The molecule has 0 amide bonds. The average Bonchev–Trinajstić information content (AvgIpc) is 2.93. The number of carbonyl (C=O) groups is 1. The van der Waals surface area contributed by atoms with Gasteiger partial charge in [-0.05, 0) is 24.3 Å². The van der Waals surface area contributed by atoms with Crippen LogP contribution in [0.5, 0.6) is 5.75 Å². The number of hydrogen-bond acceptors (Lipinski definition) is 4. The number of H-pyrrole nitrogens is 1. The van der Waals surface area contributed by atoms with E-state index in [2.05, 4.69) is 14.7 Å². The normalized spacial score (nSPS) is 10.8. The molecular weight excluding hydrogens is 288 g/mol. The zero-order valence-corrected chi connectivity index (χ0v) is 11.0. The summed E-state index contributed by atoms with van der Waals surface area (Å²) >= 11 is 7.30. The van der Waals surface area contributed by atoms with Crippen molar-refractivity contribution in [3.63, 3.8) is 0 Å². The van der Waals surface area contributed by atoms with E-state index < -0.39 is 6.16 Å². The Kier molecular flexibility index (Phi) is 2.88. The molecule has 96 valence electrons. The van der Waals surface area contributed by atoms with Gasteiger partial charge in [-0.15, -0.1) is 11.3 Å². The number of hydrogen-bond donors (Lipinski definition) is 2. The second-order valence-corrected chi connectivity index (χ2v) is 5.45. The van der Waals surface area contributed by atoms with Gasteiger partial charge in [-0.1, -0.05) is 11.6 Å². The molecule has 0 saturated carbocycles. The number of aromatic nitrogens is 2. The van der Waals surface area contributed by atoms with Crippen LogP contribution >= 0.6 is 22.9 Å². The zero-order valence-electron chi connectivity index (χ0n) is 9.38. The molecule has 19 heavy (non-hydrogen) atoms. The Morgan fingerprint density at radius 1 is 1.37 bits per heavy atom. The van der Waals surface area contributed by atoms with Crippen LogP contribution in [0, 0.1) is 0 Å². The number of thiophene rings is 1. The molecule has 3 rings (SSSR count). The molecule has 0 unspecified atom stereocenters.